The third kappa shape index (κ3) is 2.33. The molecule has 0 N–H and O–H groups in total. The van der Waals surface area contributed by atoms with Crippen LogP contribution in [0.25, 0.3) is 0 Å². The smallest absolute Gasteiger partial charge is 0.342 e. The van der Waals surface area contributed by atoms with Crippen LogP contribution < -0.4 is 0 Å². The van der Waals surface area contributed by atoms with E-state index >= 15 is 0 Å². The third-order valence-corrected chi connectivity index (χ3v) is 2.35. The van der Waals surface area contributed by atoms with E-state index in [1.54, 1.807) is 0 Å². The Labute approximate surface area is 93.1 Å². The normalized spacial score (nSPS) is 9.85. The minimum atomic E-state index is -0.555. The first-order valence-electron chi connectivity index (χ1n) is 3.16. The molecule has 3 nitrogen and oxygen atoms in total. The predicted octanol–water partition coefficient (Wildman–Crippen LogP) is 2.94. The standard InChI is InChI=1S/C7H4BrCl2NO2/c1-13-7(12)5-3(9)2-4(10)11-6(5)8/h2H,1H3. The molecule has 13 heavy (non-hydrogen) atoms. The van der Waals surface area contributed by atoms with Gasteiger partial charge in [0.05, 0.1) is 12.1 Å². The van der Waals surface area contributed by atoms with Crippen LogP contribution in [0.5, 0.6) is 0 Å². The van der Waals surface area contributed by atoms with Gasteiger partial charge in [-0.3, -0.25) is 0 Å². The summed E-state index contributed by atoms with van der Waals surface area (Å²) in [5, 5.41) is 0.420. The number of methoxy groups -OCH3 is 1. The Morgan fingerprint density at radius 1 is 1.62 bits per heavy atom. The van der Waals surface area contributed by atoms with E-state index in [1.807, 2.05) is 0 Å². The first-order valence-corrected chi connectivity index (χ1v) is 4.71. The zero-order valence-corrected chi connectivity index (χ0v) is 9.57. The lowest BCUT2D eigenvalue weighted by Crippen LogP contribution is -2.04. The molecule has 0 aromatic carbocycles. The Morgan fingerprint density at radius 2 is 2.23 bits per heavy atom. The minimum absolute atomic E-state index is 0.175. The number of pyridine rings is 1. The summed E-state index contributed by atoms with van der Waals surface area (Å²) in [6.45, 7) is 0. The fourth-order valence-electron chi connectivity index (χ4n) is 0.741. The quantitative estimate of drug-likeness (QED) is 0.588. The van der Waals surface area contributed by atoms with E-state index in [-0.39, 0.29) is 20.3 Å². The van der Waals surface area contributed by atoms with Crippen molar-refractivity contribution in [2.45, 2.75) is 0 Å². The fraction of sp³-hybridized carbons (Fsp3) is 0.143. The SMILES string of the molecule is COC(=O)c1c(Cl)cc(Cl)nc1Br. The van der Waals surface area contributed by atoms with Crippen molar-refractivity contribution in [2.75, 3.05) is 7.11 Å². The second-order valence-corrected chi connectivity index (χ2v) is 3.63. The molecule has 0 atom stereocenters. The Bertz CT molecular complexity index is 333. The van der Waals surface area contributed by atoms with E-state index in [0.29, 0.717) is 0 Å². The van der Waals surface area contributed by atoms with Crippen LogP contribution in [0.1, 0.15) is 10.4 Å². The molecule has 0 fully saturated rings. The number of esters is 1. The molecule has 1 rings (SSSR count). The first kappa shape index (κ1) is 10.8. The zero-order chi connectivity index (χ0) is 10.0. The number of nitrogens with zero attached hydrogens (tertiary/aromatic N) is 1. The molecule has 0 aliphatic carbocycles. The molecule has 0 aliphatic rings. The largest absolute Gasteiger partial charge is 0.465 e. The molecule has 0 amide bonds. The van der Waals surface area contributed by atoms with Crippen LogP contribution in [0.15, 0.2) is 10.7 Å². The Hall–Kier alpha value is -0.320. The van der Waals surface area contributed by atoms with Gasteiger partial charge in [0.25, 0.3) is 0 Å². The molecule has 0 spiro atoms. The summed E-state index contributed by atoms with van der Waals surface area (Å²) in [6.07, 6.45) is 0. The maximum Gasteiger partial charge on any atom is 0.342 e. The molecule has 0 aliphatic heterocycles. The van der Waals surface area contributed by atoms with Crippen LogP contribution in [-0.2, 0) is 4.74 Å². The maximum atomic E-state index is 11.1. The van der Waals surface area contributed by atoms with E-state index in [4.69, 9.17) is 23.2 Å². The minimum Gasteiger partial charge on any atom is -0.465 e. The van der Waals surface area contributed by atoms with E-state index in [2.05, 4.69) is 25.7 Å². The van der Waals surface area contributed by atoms with E-state index < -0.39 is 5.97 Å². The summed E-state index contributed by atoms with van der Waals surface area (Å²) in [4.78, 5) is 14.9. The summed E-state index contributed by atoms with van der Waals surface area (Å²) < 4.78 is 4.78. The monoisotopic (exact) mass is 283 g/mol. The fourth-order valence-corrected chi connectivity index (χ4v) is 2.04. The van der Waals surface area contributed by atoms with Gasteiger partial charge in [-0.2, -0.15) is 0 Å². The van der Waals surface area contributed by atoms with Crippen molar-refractivity contribution in [3.8, 4) is 0 Å². The van der Waals surface area contributed by atoms with Crippen LogP contribution >= 0.6 is 39.1 Å². The Morgan fingerprint density at radius 3 is 2.69 bits per heavy atom. The molecule has 1 aromatic heterocycles. The molecule has 0 unspecified atom stereocenters. The summed E-state index contributed by atoms with van der Waals surface area (Å²) in [5.74, 6) is -0.555. The topological polar surface area (TPSA) is 39.2 Å². The van der Waals surface area contributed by atoms with Crippen LogP contribution in [0.2, 0.25) is 10.2 Å². The van der Waals surface area contributed by atoms with Crippen molar-refractivity contribution in [1.82, 2.24) is 4.98 Å². The summed E-state index contributed by atoms with van der Waals surface area (Å²) >= 11 is 14.4. The van der Waals surface area contributed by atoms with E-state index in [9.17, 15) is 4.79 Å². The van der Waals surface area contributed by atoms with Gasteiger partial charge < -0.3 is 4.74 Å². The number of rotatable bonds is 1. The average Bonchev–Trinajstić information content (AvgIpc) is 2.02. The van der Waals surface area contributed by atoms with Gasteiger partial charge >= 0.3 is 5.97 Å². The van der Waals surface area contributed by atoms with Crippen molar-refractivity contribution < 1.29 is 9.53 Å². The summed E-state index contributed by atoms with van der Waals surface area (Å²) in [7, 11) is 1.26. The van der Waals surface area contributed by atoms with Gasteiger partial charge in [-0.25, -0.2) is 9.78 Å². The molecule has 6 heteroatoms. The van der Waals surface area contributed by atoms with Gasteiger partial charge in [0.1, 0.15) is 15.3 Å². The van der Waals surface area contributed by atoms with Crippen molar-refractivity contribution in [2.24, 2.45) is 0 Å². The molecule has 1 aromatic rings. The van der Waals surface area contributed by atoms with Gasteiger partial charge in [0.15, 0.2) is 0 Å². The molecular weight excluding hydrogens is 281 g/mol. The number of carbonyl (C=O) groups excluding carboxylic acids is 1. The number of carbonyl (C=O) groups is 1. The highest BCUT2D eigenvalue weighted by molar-refractivity contribution is 9.10. The lowest BCUT2D eigenvalue weighted by molar-refractivity contribution is 0.0599. The molecule has 1 heterocycles. The molecule has 0 saturated carbocycles. The highest BCUT2D eigenvalue weighted by Crippen LogP contribution is 2.26. The maximum absolute atomic E-state index is 11.1. The zero-order valence-electron chi connectivity index (χ0n) is 6.47. The number of aromatic nitrogens is 1. The van der Waals surface area contributed by atoms with Crippen LogP contribution in [0, 0.1) is 0 Å². The Balaban J connectivity index is 3.28. The molecule has 0 bridgehead atoms. The molecular formula is C7H4BrCl2NO2. The third-order valence-electron chi connectivity index (χ3n) is 1.29. The number of hydrogen-bond donors (Lipinski definition) is 0. The van der Waals surface area contributed by atoms with Gasteiger partial charge in [-0.05, 0) is 22.0 Å². The number of hydrogen-bond acceptors (Lipinski definition) is 3. The molecule has 0 saturated heterocycles. The molecule has 0 radical (unpaired) electrons. The predicted molar refractivity (Wildman–Crippen MR) is 53.3 cm³/mol. The van der Waals surface area contributed by atoms with Crippen LogP contribution in [0.3, 0.4) is 0 Å². The van der Waals surface area contributed by atoms with Crippen LogP contribution in [0.4, 0.5) is 0 Å². The second kappa shape index (κ2) is 4.26. The second-order valence-electron chi connectivity index (χ2n) is 2.08. The van der Waals surface area contributed by atoms with Gasteiger partial charge in [0, 0.05) is 0 Å². The van der Waals surface area contributed by atoms with E-state index in [0.717, 1.165) is 0 Å². The van der Waals surface area contributed by atoms with Crippen molar-refractivity contribution in [3.05, 3.63) is 26.4 Å². The van der Waals surface area contributed by atoms with Crippen molar-refractivity contribution >= 4 is 45.1 Å². The van der Waals surface area contributed by atoms with Crippen LogP contribution in [-0.4, -0.2) is 18.1 Å². The summed E-state index contributed by atoms with van der Waals surface area (Å²) in [5.41, 5.74) is 0.175. The molecule has 70 valence electrons. The average molecular weight is 285 g/mol. The highest BCUT2D eigenvalue weighted by Gasteiger charge is 2.16. The van der Waals surface area contributed by atoms with Crippen molar-refractivity contribution in [1.29, 1.82) is 0 Å². The number of ether oxygens (including phenoxy) is 1. The van der Waals surface area contributed by atoms with E-state index in [1.165, 1.54) is 13.2 Å². The lowest BCUT2D eigenvalue weighted by Gasteiger charge is -2.03. The lowest BCUT2D eigenvalue weighted by atomic mass is 10.3. The van der Waals surface area contributed by atoms with Gasteiger partial charge in [0.2, 0.25) is 0 Å². The number of halogens is 3. The summed E-state index contributed by atoms with van der Waals surface area (Å²) in [6, 6.07) is 1.38. The van der Waals surface area contributed by atoms with Gasteiger partial charge in [-0.1, -0.05) is 23.2 Å². The van der Waals surface area contributed by atoms with Gasteiger partial charge in [-0.15, -0.1) is 0 Å². The first-order chi connectivity index (χ1) is 6.06. The van der Waals surface area contributed by atoms with Crippen molar-refractivity contribution in [3.63, 3.8) is 0 Å². The highest BCUT2D eigenvalue weighted by atomic mass is 79.9. The Kier molecular flexibility index (Phi) is 3.53.